The Hall–Kier alpha value is -2.95. The number of nitrogens with zero attached hydrogens (tertiary/aromatic N) is 2. The second-order valence-corrected chi connectivity index (χ2v) is 7.89. The minimum Gasteiger partial charge on any atom is -0.344 e. The van der Waals surface area contributed by atoms with E-state index in [1.807, 2.05) is 38.1 Å². The molecule has 0 spiro atoms. The minimum atomic E-state index is -0.226. The topological polar surface area (TPSA) is 64.0 Å². The molecule has 1 aliphatic carbocycles. The quantitative estimate of drug-likeness (QED) is 0.753. The van der Waals surface area contributed by atoms with Gasteiger partial charge in [0.25, 0.3) is 11.5 Å². The van der Waals surface area contributed by atoms with Gasteiger partial charge in [0.1, 0.15) is 0 Å². The summed E-state index contributed by atoms with van der Waals surface area (Å²) >= 11 is 0. The van der Waals surface area contributed by atoms with Crippen LogP contribution in [0.3, 0.4) is 0 Å². The number of aromatic nitrogens is 2. The number of hydrogen-bond donors (Lipinski definition) is 1. The van der Waals surface area contributed by atoms with Crippen LogP contribution in [0, 0.1) is 5.92 Å². The number of hydrogen-bond acceptors (Lipinski definition) is 3. The summed E-state index contributed by atoms with van der Waals surface area (Å²) in [6.45, 7) is 4.54. The number of amides is 1. The first kappa shape index (κ1) is 18.4. The van der Waals surface area contributed by atoms with Crippen molar-refractivity contribution in [1.29, 1.82) is 0 Å². The van der Waals surface area contributed by atoms with Gasteiger partial charge in [0, 0.05) is 11.9 Å². The fourth-order valence-corrected chi connectivity index (χ4v) is 4.00. The molecule has 1 unspecified atom stereocenters. The van der Waals surface area contributed by atoms with Crippen LogP contribution in [0.15, 0.2) is 53.3 Å². The van der Waals surface area contributed by atoms with E-state index in [0.29, 0.717) is 23.0 Å². The Morgan fingerprint density at radius 2 is 1.86 bits per heavy atom. The Kier molecular flexibility index (Phi) is 4.99. The first-order valence-corrected chi connectivity index (χ1v) is 9.93. The zero-order valence-electron chi connectivity index (χ0n) is 16.3. The van der Waals surface area contributed by atoms with Gasteiger partial charge >= 0.3 is 0 Å². The number of carbonyl (C=O) groups excluding carboxylic acids is 1. The molecule has 1 heterocycles. The lowest BCUT2D eigenvalue weighted by molar-refractivity contribution is 0.0927. The fourth-order valence-electron chi connectivity index (χ4n) is 4.00. The van der Waals surface area contributed by atoms with Crippen molar-refractivity contribution >= 4 is 16.7 Å². The van der Waals surface area contributed by atoms with Crippen LogP contribution in [0.1, 0.15) is 54.3 Å². The molecule has 1 N–H and O–H groups in total. The normalized spacial score (nSPS) is 16.2. The number of fused-ring (bicyclic) bond motifs is 2. The lowest BCUT2D eigenvalue weighted by Gasteiger charge is -2.26. The zero-order chi connectivity index (χ0) is 19.7. The van der Waals surface area contributed by atoms with Crippen molar-refractivity contribution in [2.24, 2.45) is 5.92 Å². The van der Waals surface area contributed by atoms with Crippen LogP contribution in [0.5, 0.6) is 0 Å². The van der Waals surface area contributed by atoms with Gasteiger partial charge in [-0.15, -0.1) is 0 Å². The summed E-state index contributed by atoms with van der Waals surface area (Å²) in [5.74, 6) is 0.0305. The molecule has 0 bridgehead atoms. The molecule has 0 saturated heterocycles. The Balaban J connectivity index is 1.74. The molecule has 3 aromatic rings. The highest BCUT2D eigenvalue weighted by molar-refractivity contribution is 6.04. The highest BCUT2D eigenvalue weighted by Crippen LogP contribution is 2.29. The molecule has 0 saturated carbocycles. The molecule has 28 heavy (non-hydrogen) atoms. The Morgan fingerprint density at radius 1 is 1.14 bits per heavy atom. The van der Waals surface area contributed by atoms with E-state index < -0.39 is 0 Å². The Labute approximate surface area is 164 Å². The van der Waals surface area contributed by atoms with Crippen LogP contribution >= 0.6 is 0 Å². The average Bonchev–Trinajstić information content (AvgIpc) is 2.70. The molecule has 144 valence electrons. The molecule has 2 aromatic carbocycles. The van der Waals surface area contributed by atoms with Crippen LogP contribution < -0.4 is 10.9 Å². The van der Waals surface area contributed by atoms with Gasteiger partial charge in [-0.25, -0.2) is 4.68 Å². The van der Waals surface area contributed by atoms with Gasteiger partial charge in [-0.3, -0.25) is 9.59 Å². The second-order valence-electron chi connectivity index (χ2n) is 7.89. The Bertz CT molecular complexity index is 1080. The maximum Gasteiger partial charge on any atom is 0.274 e. The van der Waals surface area contributed by atoms with Crippen LogP contribution in [-0.2, 0) is 13.0 Å². The highest BCUT2D eigenvalue weighted by Gasteiger charge is 2.24. The predicted molar refractivity (Wildman–Crippen MR) is 110 cm³/mol. The Morgan fingerprint density at radius 3 is 2.64 bits per heavy atom. The van der Waals surface area contributed by atoms with E-state index in [0.717, 1.165) is 19.3 Å². The lowest BCUT2D eigenvalue weighted by atomic mass is 9.87. The van der Waals surface area contributed by atoms with Crippen molar-refractivity contribution in [3.63, 3.8) is 0 Å². The van der Waals surface area contributed by atoms with Crippen molar-refractivity contribution in [3.8, 4) is 0 Å². The highest BCUT2D eigenvalue weighted by atomic mass is 16.2. The van der Waals surface area contributed by atoms with Crippen molar-refractivity contribution in [3.05, 3.63) is 75.7 Å². The molecular formula is C23H25N3O2. The summed E-state index contributed by atoms with van der Waals surface area (Å²) in [6.07, 6.45) is 3.00. The summed E-state index contributed by atoms with van der Waals surface area (Å²) in [7, 11) is 0. The van der Waals surface area contributed by atoms with Crippen molar-refractivity contribution in [2.75, 3.05) is 0 Å². The van der Waals surface area contributed by atoms with Crippen LogP contribution in [0.4, 0.5) is 0 Å². The van der Waals surface area contributed by atoms with Crippen LogP contribution in [0.2, 0.25) is 0 Å². The fraction of sp³-hybridized carbons (Fsp3) is 0.348. The molecule has 0 fully saturated rings. The van der Waals surface area contributed by atoms with Gasteiger partial charge in [0.05, 0.1) is 11.4 Å². The summed E-state index contributed by atoms with van der Waals surface area (Å²) in [6, 6.07) is 15.5. The first-order valence-electron chi connectivity index (χ1n) is 9.93. The molecule has 1 atom stereocenters. The lowest BCUT2D eigenvalue weighted by Crippen LogP contribution is -2.34. The second kappa shape index (κ2) is 7.58. The van der Waals surface area contributed by atoms with Gasteiger partial charge in [0.15, 0.2) is 5.69 Å². The smallest absolute Gasteiger partial charge is 0.274 e. The molecule has 1 aliphatic rings. The third-order valence-corrected chi connectivity index (χ3v) is 5.30. The summed E-state index contributed by atoms with van der Waals surface area (Å²) in [5.41, 5.74) is 2.64. The molecule has 0 radical (unpaired) electrons. The standard InChI is InChI=1S/C23H25N3O2/c1-15(2)14-26-23(28)19-12-6-5-11-18(19)21(25-26)22(27)24-20-13-7-9-16-8-3-4-10-17(16)20/h3-6,8,10-12,15,20H,7,9,13-14H2,1-2H3,(H,24,27). The largest absolute Gasteiger partial charge is 0.344 e. The van der Waals surface area contributed by atoms with E-state index in [1.165, 1.54) is 15.8 Å². The van der Waals surface area contributed by atoms with E-state index in [-0.39, 0.29) is 23.4 Å². The summed E-state index contributed by atoms with van der Waals surface area (Å²) in [5, 5.41) is 8.76. The van der Waals surface area contributed by atoms with E-state index in [9.17, 15) is 9.59 Å². The molecule has 4 rings (SSSR count). The molecule has 1 aromatic heterocycles. The number of aryl methyl sites for hydroxylation is 1. The average molecular weight is 375 g/mol. The number of carbonyl (C=O) groups is 1. The van der Waals surface area contributed by atoms with Gasteiger partial charge in [0.2, 0.25) is 0 Å². The van der Waals surface area contributed by atoms with Gasteiger partial charge in [-0.2, -0.15) is 5.10 Å². The number of nitrogens with one attached hydrogen (secondary N) is 1. The van der Waals surface area contributed by atoms with E-state index >= 15 is 0 Å². The third-order valence-electron chi connectivity index (χ3n) is 5.30. The van der Waals surface area contributed by atoms with Gasteiger partial charge < -0.3 is 5.32 Å². The summed E-state index contributed by atoms with van der Waals surface area (Å²) < 4.78 is 1.43. The SMILES string of the molecule is CC(C)Cn1nc(C(=O)NC2CCCc3ccccc32)c2ccccc2c1=O. The number of rotatable bonds is 4. The predicted octanol–water partition coefficient (Wildman–Crippen LogP) is 3.86. The van der Waals surface area contributed by atoms with E-state index in [1.54, 1.807) is 12.1 Å². The van der Waals surface area contributed by atoms with Gasteiger partial charge in [-0.05, 0) is 42.4 Å². The van der Waals surface area contributed by atoms with Crippen molar-refractivity contribution in [2.45, 2.75) is 45.7 Å². The molecule has 1 amide bonds. The molecular weight excluding hydrogens is 350 g/mol. The minimum absolute atomic E-state index is 0.0245. The monoisotopic (exact) mass is 375 g/mol. The van der Waals surface area contributed by atoms with E-state index in [4.69, 9.17) is 0 Å². The maximum absolute atomic E-state index is 13.2. The molecule has 0 aliphatic heterocycles. The molecule has 5 heteroatoms. The van der Waals surface area contributed by atoms with E-state index in [2.05, 4.69) is 22.5 Å². The first-order chi connectivity index (χ1) is 13.5. The van der Waals surface area contributed by atoms with Crippen LogP contribution in [0.25, 0.3) is 10.8 Å². The zero-order valence-corrected chi connectivity index (χ0v) is 16.3. The van der Waals surface area contributed by atoms with Crippen molar-refractivity contribution in [1.82, 2.24) is 15.1 Å². The summed E-state index contributed by atoms with van der Waals surface area (Å²) in [4.78, 5) is 26.0. The third kappa shape index (κ3) is 3.44. The van der Waals surface area contributed by atoms with Crippen LogP contribution in [-0.4, -0.2) is 15.7 Å². The maximum atomic E-state index is 13.2. The van der Waals surface area contributed by atoms with Crippen molar-refractivity contribution < 1.29 is 4.79 Å². The molecule has 5 nitrogen and oxygen atoms in total. The van der Waals surface area contributed by atoms with Gasteiger partial charge in [-0.1, -0.05) is 56.3 Å². The number of benzene rings is 2.